The lowest BCUT2D eigenvalue weighted by molar-refractivity contribution is -0.120. The summed E-state index contributed by atoms with van der Waals surface area (Å²) in [7, 11) is 0. The first-order valence-electron chi connectivity index (χ1n) is 8.02. The monoisotopic (exact) mass is 342 g/mol. The van der Waals surface area contributed by atoms with Crippen LogP contribution in [0.5, 0.6) is 0 Å². The van der Waals surface area contributed by atoms with Gasteiger partial charge in [0.15, 0.2) is 0 Å². The summed E-state index contributed by atoms with van der Waals surface area (Å²) in [6.45, 7) is 1.81. The minimum atomic E-state index is -0.409. The molecule has 1 aliphatic rings. The zero-order valence-corrected chi connectivity index (χ0v) is 13.6. The van der Waals surface area contributed by atoms with Crippen molar-refractivity contribution >= 4 is 23.3 Å². The Labute approximate surface area is 145 Å². The molecule has 0 saturated carbocycles. The predicted octanol–water partition coefficient (Wildman–Crippen LogP) is 2.08. The lowest BCUT2D eigenvalue weighted by Crippen LogP contribution is -2.47. The molecule has 7 heteroatoms. The summed E-state index contributed by atoms with van der Waals surface area (Å²) in [5, 5.41) is 8.10. The molecule has 130 valence electrons. The Morgan fingerprint density at radius 2 is 1.92 bits per heavy atom. The number of hydrogen-bond acceptors (Lipinski definition) is 3. The number of piperazine rings is 1. The lowest BCUT2D eigenvalue weighted by atomic mass is 10.2. The van der Waals surface area contributed by atoms with Crippen LogP contribution in [0.15, 0.2) is 48.5 Å². The number of nitrogens with one attached hydrogen (secondary N) is 3. The van der Waals surface area contributed by atoms with Crippen molar-refractivity contribution in [3.63, 3.8) is 0 Å². The number of anilines is 2. The number of urea groups is 1. The van der Waals surface area contributed by atoms with E-state index in [0.29, 0.717) is 24.3 Å². The summed E-state index contributed by atoms with van der Waals surface area (Å²) >= 11 is 0. The Bertz CT molecular complexity index is 764. The van der Waals surface area contributed by atoms with E-state index in [2.05, 4.69) is 16.0 Å². The van der Waals surface area contributed by atoms with Gasteiger partial charge in [-0.3, -0.25) is 4.79 Å². The number of hydrogen-bond donors (Lipinski definition) is 3. The number of carbonyl (C=O) groups excluding carboxylic acids is 2. The zero-order valence-electron chi connectivity index (χ0n) is 13.6. The molecule has 6 nitrogen and oxygen atoms in total. The standard InChI is InChI=1S/C18H19FN4O2/c19-16-4-2-1-3-13(16)11-21-18(25)22-14-5-7-15(8-6-14)23-10-9-20-17(24)12-23/h1-8H,9-12H2,(H,20,24)(H2,21,22,25). The van der Waals surface area contributed by atoms with Crippen LogP contribution in [-0.4, -0.2) is 31.6 Å². The number of benzene rings is 2. The van der Waals surface area contributed by atoms with Gasteiger partial charge in [0.25, 0.3) is 0 Å². The van der Waals surface area contributed by atoms with E-state index in [0.717, 1.165) is 12.2 Å². The van der Waals surface area contributed by atoms with Crippen LogP contribution in [0.3, 0.4) is 0 Å². The van der Waals surface area contributed by atoms with E-state index in [1.165, 1.54) is 6.07 Å². The third kappa shape index (κ3) is 4.47. The molecule has 2 aromatic rings. The fraction of sp³-hybridized carbons (Fsp3) is 0.222. The van der Waals surface area contributed by atoms with Crippen LogP contribution in [0, 0.1) is 5.82 Å². The van der Waals surface area contributed by atoms with Crippen LogP contribution in [0.25, 0.3) is 0 Å². The van der Waals surface area contributed by atoms with Gasteiger partial charge in [-0.2, -0.15) is 0 Å². The zero-order chi connectivity index (χ0) is 17.6. The maximum absolute atomic E-state index is 13.5. The van der Waals surface area contributed by atoms with Gasteiger partial charge in [0.05, 0.1) is 6.54 Å². The van der Waals surface area contributed by atoms with Gasteiger partial charge in [0.2, 0.25) is 5.91 Å². The number of nitrogens with zero attached hydrogens (tertiary/aromatic N) is 1. The Hall–Kier alpha value is -3.09. The van der Waals surface area contributed by atoms with Crippen molar-refractivity contribution in [2.24, 2.45) is 0 Å². The Kier molecular flexibility index (Phi) is 5.13. The molecule has 1 saturated heterocycles. The van der Waals surface area contributed by atoms with Crippen LogP contribution in [-0.2, 0) is 11.3 Å². The van der Waals surface area contributed by atoms with Gasteiger partial charge in [0.1, 0.15) is 5.82 Å². The van der Waals surface area contributed by atoms with E-state index in [9.17, 15) is 14.0 Å². The van der Waals surface area contributed by atoms with Gasteiger partial charge >= 0.3 is 6.03 Å². The molecule has 0 atom stereocenters. The number of carbonyl (C=O) groups is 2. The SMILES string of the molecule is O=C1CN(c2ccc(NC(=O)NCc3ccccc3F)cc2)CCN1. The van der Waals surface area contributed by atoms with Crippen molar-refractivity contribution in [1.82, 2.24) is 10.6 Å². The molecule has 1 aliphatic heterocycles. The van der Waals surface area contributed by atoms with Crippen molar-refractivity contribution in [2.45, 2.75) is 6.54 Å². The molecule has 1 fully saturated rings. The molecule has 0 unspecified atom stereocenters. The predicted molar refractivity (Wildman–Crippen MR) is 93.9 cm³/mol. The van der Waals surface area contributed by atoms with Gasteiger partial charge in [-0.1, -0.05) is 18.2 Å². The fourth-order valence-electron chi connectivity index (χ4n) is 2.61. The summed E-state index contributed by atoms with van der Waals surface area (Å²) in [6, 6.07) is 13.1. The van der Waals surface area contributed by atoms with Gasteiger partial charge in [0, 0.05) is 36.6 Å². The minimum Gasteiger partial charge on any atom is -0.360 e. The smallest absolute Gasteiger partial charge is 0.319 e. The van der Waals surface area contributed by atoms with E-state index < -0.39 is 6.03 Å². The first-order chi connectivity index (χ1) is 12.1. The number of halogens is 1. The van der Waals surface area contributed by atoms with Crippen molar-refractivity contribution in [2.75, 3.05) is 29.9 Å². The third-order valence-corrected chi connectivity index (χ3v) is 3.93. The summed E-state index contributed by atoms with van der Waals surface area (Å²) < 4.78 is 13.5. The van der Waals surface area contributed by atoms with Crippen LogP contribution < -0.4 is 20.9 Å². The highest BCUT2D eigenvalue weighted by atomic mass is 19.1. The van der Waals surface area contributed by atoms with Gasteiger partial charge in [-0.25, -0.2) is 9.18 Å². The van der Waals surface area contributed by atoms with Crippen molar-refractivity contribution in [1.29, 1.82) is 0 Å². The van der Waals surface area contributed by atoms with Gasteiger partial charge < -0.3 is 20.9 Å². The molecule has 0 aromatic heterocycles. The summed E-state index contributed by atoms with van der Waals surface area (Å²) in [4.78, 5) is 25.3. The molecule has 3 N–H and O–H groups in total. The largest absolute Gasteiger partial charge is 0.360 e. The molecule has 0 radical (unpaired) electrons. The van der Waals surface area contributed by atoms with E-state index in [4.69, 9.17) is 0 Å². The Morgan fingerprint density at radius 3 is 2.64 bits per heavy atom. The molecule has 25 heavy (non-hydrogen) atoms. The molecule has 3 rings (SSSR count). The normalized spacial score (nSPS) is 14.0. The van der Waals surface area contributed by atoms with E-state index in [1.807, 2.05) is 17.0 Å². The molecule has 2 aromatic carbocycles. The van der Waals surface area contributed by atoms with Crippen LogP contribution in [0.1, 0.15) is 5.56 Å². The first-order valence-corrected chi connectivity index (χ1v) is 8.02. The molecular formula is C18H19FN4O2. The van der Waals surface area contributed by atoms with Gasteiger partial charge in [-0.05, 0) is 30.3 Å². The highest BCUT2D eigenvalue weighted by molar-refractivity contribution is 5.89. The highest BCUT2D eigenvalue weighted by Gasteiger charge is 2.16. The molecule has 0 aliphatic carbocycles. The maximum Gasteiger partial charge on any atom is 0.319 e. The topological polar surface area (TPSA) is 73.5 Å². The Balaban J connectivity index is 1.53. The Morgan fingerprint density at radius 1 is 1.16 bits per heavy atom. The van der Waals surface area contributed by atoms with E-state index >= 15 is 0 Å². The lowest BCUT2D eigenvalue weighted by Gasteiger charge is -2.28. The van der Waals surface area contributed by atoms with Gasteiger partial charge in [-0.15, -0.1) is 0 Å². The molecule has 0 bridgehead atoms. The minimum absolute atomic E-state index is 0.000901. The first kappa shape index (κ1) is 16.8. The van der Waals surface area contributed by atoms with Crippen molar-refractivity contribution < 1.29 is 14.0 Å². The second-order valence-corrected chi connectivity index (χ2v) is 5.72. The average Bonchev–Trinajstić information content (AvgIpc) is 2.62. The quantitative estimate of drug-likeness (QED) is 0.796. The summed E-state index contributed by atoms with van der Waals surface area (Å²) in [5.41, 5.74) is 1.97. The molecule has 0 spiro atoms. The highest BCUT2D eigenvalue weighted by Crippen LogP contribution is 2.18. The number of rotatable bonds is 4. The average molecular weight is 342 g/mol. The number of amides is 3. The molecule has 1 heterocycles. The van der Waals surface area contributed by atoms with Crippen molar-refractivity contribution in [3.05, 3.63) is 59.9 Å². The maximum atomic E-state index is 13.5. The summed E-state index contributed by atoms with van der Waals surface area (Å²) in [6.07, 6.45) is 0. The second kappa shape index (κ2) is 7.65. The fourth-order valence-corrected chi connectivity index (χ4v) is 2.61. The molecule has 3 amide bonds. The second-order valence-electron chi connectivity index (χ2n) is 5.72. The van der Waals surface area contributed by atoms with E-state index in [1.54, 1.807) is 30.3 Å². The van der Waals surface area contributed by atoms with Crippen LogP contribution in [0.4, 0.5) is 20.6 Å². The van der Waals surface area contributed by atoms with E-state index in [-0.39, 0.29) is 18.3 Å². The van der Waals surface area contributed by atoms with Crippen molar-refractivity contribution in [3.8, 4) is 0 Å². The summed E-state index contributed by atoms with van der Waals surface area (Å²) in [5.74, 6) is -0.348. The van der Waals surface area contributed by atoms with Crippen LogP contribution in [0.2, 0.25) is 0 Å². The van der Waals surface area contributed by atoms with Crippen LogP contribution >= 0.6 is 0 Å². The third-order valence-electron chi connectivity index (χ3n) is 3.93. The molecular weight excluding hydrogens is 323 g/mol.